The molecule has 0 saturated heterocycles. The van der Waals surface area contributed by atoms with Gasteiger partial charge in [0.15, 0.2) is 0 Å². The lowest BCUT2D eigenvalue weighted by Crippen LogP contribution is -2.09. The Morgan fingerprint density at radius 3 is 2.36 bits per heavy atom. The lowest BCUT2D eigenvalue weighted by Gasteiger charge is -1.86. The molecule has 0 unspecified atom stereocenters. The zero-order chi connectivity index (χ0) is 10.2. The van der Waals surface area contributed by atoms with E-state index in [9.17, 15) is 0 Å². The van der Waals surface area contributed by atoms with Gasteiger partial charge in [0.1, 0.15) is 0 Å². The van der Waals surface area contributed by atoms with Gasteiger partial charge in [0.2, 0.25) is 0 Å². The molecule has 0 spiro atoms. The van der Waals surface area contributed by atoms with Crippen molar-refractivity contribution in [3.05, 3.63) is 36.5 Å². The van der Waals surface area contributed by atoms with E-state index >= 15 is 0 Å². The van der Waals surface area contributed by atoms with E-state index in [1.807, 2.05) is 18.3 Å². The van der Waals surface area contributed by atoms with Gasteiger partial charge in [-0.1, -0.05) is 32.0 Å². The number of benzene rings is 1. The Hall–Kier alpha value is -1.28. The van der Waals surface area contributed by atoms with Crippen LogP contribution in [-0.2, 0) is 0 Å². The summed E-state index contributed by atoms with van der Waals surface area (Å²) in [6, 6.07) is 10.3. The summed E-state index contributed by atoms with van der Waals surface area (Å²) in [7, 11) is 0. The highest BCUT2D eigenvalue weighted by atomic mass is 14.8. The zero-order valence-corrected chi connectivity index (χ0v) is 8.88. The van der Waals surface area contributed by atoms with Gasteiger partial charge >= 0.3 is 0 Å². The molecular formula is C12H18N2. The third-order valence-corrected chi connectivity index (χ3v) is 1.96. The van der Waals surface area contributed by atoms with E-state index in [1.165, 1.54) is 10.9 Å². The van der Waals surface area contributed by atoms with Gasteiger partial charge in [0, 0.05) is 11.7 Å². The van der Waals surface area contributed by atoms with Gasteiger partial charge in [-0.15, -0.1) is 0 Å². The van der Waals surface area contributed by atoms with Gasteiger partial charge in [-0.3, -0.25) is 0 Å². The van der Waals surface area contributed by atoms with Crippen molar-refractivity contribution in [3.8, 4) is 0 Å². The quantitative estimate of drug-likeness (QED) is 0.748. The van der Waals surface area contributed by atoms with Crippen LogP contribution in [0.1, 0.15) is 13.8 Å². The van der Waals surface area contributed by atoms with Crippen LogP contribution >= 0.6 is 0 Å². The van der Waals surface area contributed by atoms with Crippen LogP contribution in [0.5, 0.6) is 0 Å². The summed E-state index contributed by atoms with van der Waals surface area (Å²) in [4.78, 5) is 3.12. The Morgan fingerprint density at radius 1 is 1.07 bits per heavy atom. The molecule has 0 aliphatic heterocycles. The lowest BCUT2D eigenvalue weighted by atomic mass is 10.3. The number of hydrogen-bond donors (Lipinski definition) is 2. The molecule has 0 aliphatic carbocycles. The summed E-state index contributed by atoms with van der Waals surface area (Å²) >= 11 is 0. The molecule has 0 radical (unpaired) electrons. The smallest absolute Gasteiger partial charge is 0.0453 e. The standard InChI is InChI=1S/C8H7N.C4H11N/c1-2-4-8-7(3-1)5-6-9-8;1-3-5-4-2/h1-6,9H;5H,3-4H2,1-2H3. The molecule has 2 heteroatoms. The second-order valence-corrected chi connectivity index (χ2v) is 3.02. The molecule has 14 heavy (non-hydrogen) atoms. The maximum atomic E-state index is 3.12. The summed E-state index contributed by atoms with van der Waals surface area (Å²) in [5.74, 6) is 0. The average Bonchev–Trinajstić information content (AvgIpc) is 2.67. The van der Waals surface area contributed by atoms with Gasteiger partial charge in [0.25, 0.3) is 0 Å². The Balaban J connectivity index is 0.000000171. The summed E-state index contributed by atoms with van der Waals surface area (Å²) in [6.45, 7) is 6.39. The Morgan fingerprint density at radius 2 is 1.79 bits per heavy atom. The highest BCUT2D eigenvalue weighted by Crippen LogP contribution is 2.09. The molecule has 0 aliphatic rings. The molecule has 0 atom stereocenters. The maximum Gasteiger partial charge on any atom is 0.0453 e. The minimum absolute atomic E-state index is 1.09. The van der Waals surface area contributed by atoms with Crippen LogP contribution in [0, 0.1) is 0 Å². The third kappa shape index (κ3) is 3.23. The van der Waals surface area contributed by atoms with Crippen molar-refractivity contribution >= 4 is 10.9 Å². The van der Waals surface area contributed by atoms with Crippen molar-refractivity contribution in [2.24, 2.45) is 0 Å². The molecule has 1 heterocycles. The average molecular weight is 190 g/mol. The second kappa shape index (κ2) is 6.22. The number of aromatic nitrogens is 1. The fourth-order valence-corrected chi connectivity index (χ4v) is 1.25. The van der Waals surface area contributed by atoms with Gasteiger partial charge < -0.3 is 10.3 Å². The van der Waals surface area contributed by atoms with E-state index in [2.05, 4.69) is 42.3 Å². The molecule has 0 bridgehead atoms. The van der Waals surface area contributed by atoms with Crippen molar-refractivity contribution < 1.29 is 0 Å². The fraction of sp³-hybridized carbons (Fsp3) is 0.333. The monoisotopic (exact) mass is 190 g/mol. The van der Waals surface area contributed by atoms with E-state index < -0.39 is 0 Å². The van der Waals surface area contributed by atoms with Crippen molar-refractivity contribution in [1.29, 1.82) is 0 Å². The summed E-state index contributed by atoms with van der Waals surface area (Å²) in [5, 5.41) is 4.39. The maximum absolute atomic E-state index is 3.12. The summed E-state index contributed by atoms with van der Waals surface area (Å²) < 4.78 is 0. The first-order valence-electron chi connectivity index (χ1n) is 5.11. The molecule has 0 fully saturated rings. The predicted octanol–water partition coefficient (Wildman–Crippen LogP) is 2.78. The number of H-pyrrole nitrogens is 1. The van der Waals surface area contributed by atoms with Gasteiger partial charge in [-0.2, -0.15) is 0 Å². The second-order valence-electron chi connectivity index (χ2n) is 3.02. The number of aromatic amines is 1. The van der Waals surface area contributed by atoms with E-state index in [-0.39, 0.29) is 0 Å². The number of rotatable bonds is 2. The van der Waals surface area contributed by atoms with E-state index in [0.717, 1.165) is 13.1 Å². The molecule has 0 amide bonds. The van der Waals surface area contributed by atoms with Crippen LogP contribution in [0.15, 0.2) is 36.5 Å². The zero-order valence-electron chi connectivity index (χ0n) is 8.88. The topological polar surface area (TPSA) is 27.8 Å². The summed E-state index contributed by atoms with van der Waals surface area (Å²) in [5.41, 5.74) is 1.21. The Kier molecular flexibility index (Phi) is 4.79. The van der Waals surface area contributed by atoms with Crippen molar-refractivity contribution in [1.82, 2.24) is 10.3 Å². The van der Waals surface area contributed by atoms with Crippen LogP contribution in [0.25, 0.3) is 10.9 Å². The van der Waals surface area contributed by atoms with Gasteiger partial charge in [0.05, 0.1) is 0 Å². The Bertz CT molecular complexity index is 320. The first-order chi connectivity index (χ1) is 6.88. The molecular weight excluding hydrogens is 172 g/mol. The van der Waals surface area contributed by atoms with E-state index in [4.69, 9.17) is 0 Å². The molecule has 2 N–H and O–H groups in total. The largest absolute Gasteiger partial charge is 0.361 e. The molecule has 2 rings (SSSR count). The lowest BCUT2D eigenvalue weighted by molar-refractivity contribution is 0.762. The van der Waals surface area contributed by atoms with Crippen molar-refractivity contribution in [2.75, 3.05) is 13.1 Å². The van der Waals surface area contributed by atoms with E-state index in [1.54, 1.807) is 0 Å². The highest BCUT2D eigenvalue weighted by molar-refractivity contribution is 5.78. The van der Waals surface area contributed by atoms with Crippen LogP contribution in [0.4, 0.5) is 0 Å². The Labute approximate surface area is 85.3 Å². The van der Waals surface area contributed by atoms with Crippen LogP contribution < -0.4 is 5.32 Å². The molecule has 2 nitrogen and oxygen atoms in total. The minimum Gasteiger partial charge on any atom is -0.361 e. The van der Waals surface area contributed by atoms with Crippen LogP contribution in [0.2, 0.25) is 0 Å². The molecule has 76 valence electrons. The number of fused-ring (bicyclic) bond motifs is 1. The number of hydrogen-bond acceptors (Lipinski definition) is 1. The molecule has 1 aromatic carbocycles. The number of para-hydroxylation sites is 1. The van der Waals surface area contributed by atoms with Crippen molar-refractivity contribution in [2.45, 2.75) is 13.8 Å². The molecule has 2 aromatic rings. The van der Waals surface area contributed by atoms with Crippen LogP contribution in [-0.4, -0.2) is 18.1 Å². The fourth-order valence-electron chi connectivity index (χ4n) is 1.25. The van der Waals surface area contributed by atoms with E-state index in [0.29, 0.717) is 0 Å². The normalized spacial score (nSPS) is 9.57. The van der Waals surface area contributed by atoms with Crippen molar-refractivity contribution in [3.63, 3.8) is 0 Å². The first kappa shape index (κ1) is 10.8. The third-order valence-electron chi connectivity index (χ3n) is 1.96. The predicted molar refractivity (Wildman–Crippen MR) is 62.5 cm³/mol. The SMILES string of the molecule is CCNCC.c1ccc2[nH]ccc2c1. The molecule has 0 saturated carbocycles. The first-order valence-corrected chi connectivity index (χ1v) is 5.11. The minimum atomic E-state index is 1.09. The van der Waals surface area contributed by atoms with Crippen LogP contribution in [0.3, 0.4) is 0 Å². The summed E-state index contributed by atoms with van der Waals surface area (Å²) in [6.07, 6.45) is 1.95. The van der Waals surface area contributed by atoms with Gasteiger partial charge in [-0.05, 0) is 30.6 Å². The molecule has 1 aromatic heterocycles. The highest BCUT2D eigenvalue weighted by Gasteiger charge is 1.86. The van der Waals surface area contributed by atoms with Gasteiger partial charge in [-0.25, -0.2) is 0 Å². The number of nitrogens with one attached hydrogen (secondary N) is 2.